The number of benzene rings is 1. The Labute approximate surface area is 123 Å². The van der Waals surface area contributed by atoms with E-state index in [1.807, 2.05) is 36.8 Å². The van der Waals surface area contributed by atoms with E-state index in [1.54, 1.807) is 0 Å². The summed E-state index contributed by atoms with van der Waals surface area (Å²) in [5, 5.41) is 4.41. The van der Waals surface area contributed by atoms with Crippen molar-refractivity contribution < 1.29 is 0 Å². The number of hydrogen-bond acceptors (Lipinski definition) is 4. The van der Waals surface area contributed by atoms with Crippen molar-refractivity contribution >= 4 is 16.9 Å². The number of rotatable bonds is 4. The van der Waals surface area contributed by atoms with E-state index >= 15 is 0 Å². The quantitative estimate of drug-likeness (QED) is 0.792. The van der Waals surface area contributed by atoms with Crippen LogP contribution in [0, 0.1) is 5.92 Å². The molecule has 0 bridgehead atoms. The van der Waals surface area contributed by atoms with Gasteiger partial charge in [-0.25, -0.2) is 9.97 Å². The Morgan fingerprint density at radius 2 is 1.71 bits per heavy atom. The molecule has 3 aromatic rings. The van der Waals surface area contributed by atoms with Gasteiger partial charge in [-0.2, -0.15) is 0 Å². The van der Waals surface area contributed by atoms with Crippen molar-refractivity contribution in [1.29, 1.82) is 0 Å². The largest absolute Gasteiger partial charge is 0.354 e. The lowest BCUT2D eigenvalue weighted by atomic mass is 10.1. The van der Waals surface area contributed by atoms with Crippen molar-refractivity contribution in [3.63, 3.8) is 0 Å². The van der Waals surface area contributed by atoms with Crippen LogP contribution in [0.2, 0.25) is 0 Å². The minimum Gasteiger partial charge on any atom is -0.354 e. The van der Waals surface area contributed by atoms with Crippen molar-refractivity contribution in [1.82, 2.24) is 15.0 Å². The molecule has 0 unspecified atom stereocenters. The minimum atomic E-state index is 0.708. The summed E-state index contributed by atoms with van der Waals surface area (Å²) in [5.41, 5.74) is 3.04. The van der Waals surface area contributed by atoms with Crippen LogP contribution in [-0.4, -0.2) is 21.5 Å². The molecule has 0 spiro atoms. The van der Waals surface area contributed by atoms with Gasteiger partial charge in [-0.15, -0.1) is 0 Å². The highest BCUT2D eigenvalue weighted by molar-refractivity contribution is 5.83. The molecule has 2 aromatic heterocycles. The van der Waals surface area contributed by atoms with Crippen LogP contribution in [0.25, 0.3) is 22.0 Å². The molecular formula is C17H16N4. The second-order valence-electron chi connectivity index (χ2n) is 5.54. The lowest BCUT2D eigenvalue weighted by Gasteiger charge is -2.05. The Hall–Kier alpha value is -2.49. The average molecular weight is 276 g/mol. The number of aromatic nitrogens is 3. The second-order valence-corrected chi connectivity index (χ2v) is 5.54. The molecule has 1 aliphatic carbocycles. The van der Waals surface area contributed by atoms with Crippen molar-refractivity contribution in [2.24, 2.45) is 5.92 Å². The number of anilines is 1. The van der Waals surface area contributed by atoms with Crippen LogP contribution in [0.4, 0.5) is 5.95 Å². The molecule has 2 heterocycles. The number of hydrogen-bond donors (Lipinski definition) is 1. The van der Waals surface area contributed by atoms with Gasteiger partial charge in [-0.3, -0.25) is 4.98 Å². The fourth-order valence-corrected chi connectivity index (χ4v) is 2.35. The summed E-state index contributed by atoms with van der Waals surface area (Å²) in [6.07, 6.45) is 8.24. The highest BCUT2D eigenvalue weighted by atomic mass is 15.1. The first-order chi connectivity index (χ1) is 10.4. The van der Waals surface area contributed by atoms with E-state index in [1.165, 1.54) is 12.8 Å². The van der Waals surface area contributed by atoms with E-state index in [4.69, 9.17) is 0 Å². The summed E-state index contributed by atoms with van der Waals surface area (Å²) >= 11 is 0. The third-order valence-corrected chi connectivity index (χ3v) is 3.82. The minimum absolute atomic E-state index is 0.708. The molecule has 104 valence electrons. The summed E-state index contributed by atoms with van der Waals surface area (Å²) < 4.78 is 0. The molecule has 21 heavy (non-hydrogen) atoms. The van der Waals surface area contributed by atoms with Crippen LogP contribution in [0.5, 0.6) is 0 Å². The van der Waals surface area contributed by atoms with Gasteiger partial charge in [0.05, 0.1) is 5.52 Å². The third kappa shape index (κ3) is 2.70. The molecule has 1 aromatic carbocycles. The zero-order chi connectivity index (χ0) is 14.1. The highest BCUT2D eigenvalue weighted by Gasteiger charge is 2.20. The van der Waals surface area contributed by atoms with E-state index in [0.717, 1.165) is 34.5 Å². The summed E-state index contributed by atoms with van der Waals surface area (Å²) in [4.78, 5) is 13.2. The molecule has 4 nitrogen and oxygen atoms in total. The zero-order valence-electron chi connectivity index (χ0n) is 11.7. The third-order valence-electron chi connectivity index (χ3n) is 3.82. The Kier molecular flexibility index (Phi) is 2.99. The molecule has 1 aliphatic rings. The van der Waals surface area contributed by atoms with E-state index in [0.29, 0.717) is 5.95 Å². The van der Waals surface area contributed by atoms with Gasteiger partial charge in [0.15, 0.2) is 0 Å². The van der Waals surface area contributed by atoms with Crippen molar-refractivity contribution in [3.8, 4) is 11.1 Å². The number of nitrogens with zero attached hydrogens (tertiary/aromatic N) is 3. The van der Waals surface area contributed by atoms with Crippen molar-refractivity contribution in [3.05, 3.63) is 48.9 Å². The normalized spacial score (nSPS) is 14.3. The molecule has 0 radical (unpaired) electrons. The number of para-hydroxylation sites is 1. The van der Waals surface area contributed by atoms with Gasteiger partial charge in [0.2, 0.25) is 5.95 Å². The summed E-state index contributed by atoms with van der Waals surface area (Å²) in [6.45, 7) is 0.983. The van der Waals surface area contributed by atoms with Gasteiger partial charge in [-0.1, -0.05) is 18.2 Å². The molecule has 1 saturated carbocycles. The number of fused-ring (bicyclic) bond motifs is 1. The van der Waals surface area contributed by atoms with Gasteiger partial charge >= 0.3 is 0 Å². The maximum Gasteiger partial charge on any atom is 0.222 e. The van der Waals surface area contributed by atoms with E-state index in [-0.39, 0.29) is 0 Å². The lowest BCUT2D eigenvalue weighted by Crippen LogP contribution is -2.06. The van der Waals surface area contributed by atoms with E-state index < -0.39 is 0 Å². The second kappa shape index (κ2) is 5.13. The maximum absolute atomic E-state index is 4.48. The summed E-state index contributed by atoms with van der Waals surface area (Å²) in [6, 6.07) is 10.2. The molecule has 4 rings (SSSR count). The van der Waals surface area contributed by atoms with Crippen LogP contribution in [0.15, 0.2) is 48.9 Å². The number of pyridine rings is 1. The fraction of sp³-hybridized carbons (Fsp3) is 0.235. The Bertz CT molecular complexity index is 763. The number of nitrogens with one attached hydrogen (secondary N) is 1. The first kappa shape index (κ1) is 12.3. The standard InChI is InChI=1S/C17H16N4/c1-2-4-16-13(3-1)7-14(9-18-16)15-10-20-17(21-11-15)19-8-12-5-6-12/h1-4,7,9-12H,5-6,8H2,(H,19,20,21). The monoisotopic (exact) mass is 276 g/mol. The predicted molar refractivity (Wildman–Crippen MR) is 84.0 cm³/mol. The smallest absolute Gasteiger partial charge is 0.222 e. The Morgan fingerprint density at radius 3 is 2.52 bits per heavy atom. The van der Waals surface area contributed by atoms with Crippen LogP contribution < -0.4 is 5.32 Å². The molecule has 0 aliphatic heterocycles. The molecule has 1 N–H and O–H groups in total. The van der Waals surface area contributed by atoms with Crippen LogP contribution in [0.1, 0.15) is 12.8 Å². The Morgan fingerprint density at radius 1 is 0.952 bits per heavy atom. The molecule has 1 fully saturated rings. The highest BCUT2D eigenvalue weighted by Crippen LogP contribution is 2.28. The zero-order valence-corrected chi connectivity index (χ0v) is 11.7. The van der Waals surface area contributed by atoms with Gasteiger partial charge in [-0.05, 0) is 30.9 Å². The van der Waals surface area contributed by atoms with Gasteiger partial charge in [0.1, 0.15) is 0 Å². The lowest BCUT2D eigenvalue weighted by molar-refractivity contribution is 0.873. The predicted octanol–water partition coefficient (Wildman–Crippen LogP) is 3.51. The van der Waals surface area contributed by atoms with E-state index in [9.17, 15) is 0 Å². The van der Waals surface area contributed by atoms with Gasteiger partial charge in [0, 0.05) is 41.6 Å². The summed E-state index contributed by atoms with van der Waals surface area (Å²) in [5.74, 6) is 1.53. The van der Waals surface area contributed by atoms with E-state index in [2.05, 4.69) is 32.4 Å². The average Bonchev–Trinajstić information content (AvgIpc) is 3.37. The molecule has 4 heteroatoms. The maximum atomic E-state index is 4.48. The molecule has 0 atom stereocenters. The topological polar surface area (TPSA) is 50.7 Å². The van der Waals surface area contributed by atoms with Gasteiger partial charge in [0.25, 0.3) is 0 Å². The fourth-order valence-electron chi connectivity index (χ4n) is 2.35. The SMILES string of the molecule is c1ccc2ncc(-c3cnc(NCC4CC4)nc3)cc2c1. The first-order valence-corrected chi connectivity index (χ1v) is 7.29. The molecular weight excluding hydrogens is 260 g/mol. The molecule has 0 amide bonds. The Balaban J connectivity index is 1.58. The van der Waals surface area contributed by atoms with Crippen molar-refractivity contribution in [2.75, 3.05) is 11.9 Å². The summed E-state index contributed by atoms with van der Waals surface area (Å²) in [7, 11) is 0. The van der Waals surface area contributed by atoms with Crippen LogP contribution >= 0.6 is 0 Å². The van der Waals surface area contributed by atoms with Crippen LogP contribution in [0.3, 0.4) is 0 Å². The van der Waals surface area contributed by atoms with Crippen LogP contribution in [-0.2, 0) is 0 Å². The first-order valence-electron chi connectivity index (χ1n) is 7.29. The van der Waals surface area contributed by atoms with Gasteiger partial charge < -0.3 is 5.32 Å². The molecule has 0 saturated heterocycles. The van der Waals surface area contributed by atoms with Crippen molar-refractivity contribution in [2.45, 2.75) is 12.8 Å².